The van der Waals surface area contributed by atoms with Crippen LogP contribution in [0.25, 0.3) is 10.9 Å². The molecule has 0 fully saturated rings. The number of esters is 1. The number of ether oxygens (including phenoxy) is 1. The van der Waals surface area contributed by atoms with Crippen LogP contribution in [0.15, 0.2) is 48.7 Å². The van der Waals surface area contributed by atoms with Crippen molar-refractivity contribution in [1.29, 1.82) is 0 Å². The quantitative estimate of drug-likeness (QED) is 0.647. The first-order valence-electron chi connectivity index (χ1n) is 7.87. The van der Waals surface area contributed by atoms with Crippen molar-refractivity contribution < 1.29 is 14.3 Å². The molecule has 2 N–H and O–H groups in total. The van der Waals surface area contributed by atoms with Gasteiger partial charge >= 0.3 is 5.97 Å². The van der Waals surface area contributed by atoms with Crippen LogP contribution < -0.4 is 5.32 Å². The van der Waals surface area contributed by atoms with E-state index in [2.05, 4.69) is 10.3 Å². The maximum absolute atomic E-state index is 12.5. The van der Waals surface area contributed by atoms with Crippen molar-refractivity contribution in [2.75, 3.05) is 7.11 Å². The topological polar surface area (TPSA) is 71.2 Å². The van der Waals surface area contributed by atoms with Gasteiger partial charge in [-0.15, -0.1) is 0 Å². The molecule has 2 aromatic carbocycles. The first kappa shape index (κ1) is 18.3. The van der Waals surface area contributed by atoms with Gasteiger partial charge < -0.3 is 15.0 Å². The molecule has 0 aliphatic carbocycles. The average molecular weight is 391 g/mol. The van der Waals surface area contributed by atoms with E-state index in [-0.39, 0.29) is 12.0 Å². The number of carbonyl (C=O) groups is 2. The van der Waals surface area contributed by atoms with E-state index in [1.54, 1.807) is 0 Å². The number of halogens is 2. The summed E-state index contributed by atoms with van der Waals surface area (Å²) in [7, 11) is 1.28. The molecule has 0 saturated carbocycles. The average Bonchev–Trinajstić information content (AvgIpc) is 3.02. The summed E-state index contributed by atoms with van der Waals surface area (Å²) in [6, 6.07) is 11.4. The lowest BCUT2D eigenvalue weighted by Gasteiger charge is -2.16. The second-order valence-corrected chi connectivity index (χ2v) is 6.64. The van der Waals surface area contributed by atoms with Crippen LogP contribution in [0.2, 0.25) is 10.0 Å². The molecule has 1 atom stereocenters. The predicted octanol–water partition coefficient (Wildman–Crippen LogP) is 3.99. The molecule has 3 aromatic rings. The van der Waals surface area contributed by atoms with E-state index in [4.69, 9.17) is 27.9 Å². The minimum Gasteiger partial charge on any atom is -0.467 e. The Hall–Kier alpha value is -2.50. The smallest absolute Gasteiger partial charge is 0.328 e. The maximum Gasteiger partial charge on any atom is 0.328 e. The number of methoxy groups -OCH3 is 1. The summed E-state index contributed by atoms with van der Waals surface area (Å²) in [6.45, 7) is 0. The lowest BCUT2D eigenvalue weighted by atomic mass is 10.0. The minimum absolute atomic E-state index is 0.273. The molecule has 1 aromatic heterocycles. The number of nitrogens with one attached hydrogen (secondary N) is 2. The Morgan fingerprint density at radius 2 is 1.85 bits per heavy atom. The van der Waals surface area contributed by atoms with Crippen molar-refractivity contribution in [3.63, 3.8) is 0 Å². The Labute approximate surface area is 160 Å². The van der Waals surface area contributed by atoms with Gasteiger partial charge in [-0.25, -0.2) is 4.79 Å². The van der Waals surface area contributed by atoms with Gasteiger partial charge in [-0.05, 0) is 29.8 Å². The molecule has 3 rings (SSSR count). The summed E-state index contributed by atoms with van der Waals surface area (Å²) in [5.41, 5.74) is 2.13. The molecule has 1 heterocycles. The van der Waals surface area contributed by atoms with Gasteiger partial charge in [-0.3, -0.25) is 4.79 Å². The zero-order valence-corrected chi connectivity index (χ0v) is 15.4. The van der Waals surface area contributed by atoms with Gasteiger partial charge in [0.25, 0.3) is 5.91 Å². The highest BCUT2D eigenvalue weighted by molar-refractivity contribution is 6.35. The van der Waals surface area contributed by atoms with E-state index < -0.39 is 17.9 Å². The second-order valence-electron chi connectivity index (χ2n) is 5.77. The number of rotatable bonds is 5. The summed E-state index contributed by atoms with van der Waals surface area (Å²) in [5, 5.41) is 4.37. The van der Waals surface area contributed by atoms with Crippen LogP contribution >= 0.6 is 23.2 Å². The normalized spacial score (nSPS) is 12.0. The third kappa shape index (κ3) is 4.00. The van der Waals surface area contributed by atoms with Crippen molar-refractivity contribution in [3.8, 4) is 0 Å². The lowest BCUT2D eigenvalue weighted by molar-refractivity contribution is -0.142. The summed E-state index contributed by atoms with van der Waals surface area (Å²) >= 11 is 11.9. The van der Waals surface area contributed by atoms with E-state index in [1.165, 1.54) is 25.3 Å². The molecule has 0 spiro atoms. The first-order chi connectivity index (χ1) is 12.5. The molecule has 1 amide bonds. The van der Waals surface area contributed by atoms with E-state index >= 15 is 0 Å². The number of aromatic nitrogens is 1. The van der Waals surface area contributed by atoms with Crippen LogP contribution in [-0.4, -0.2) is 30.0 Å². The number of carbonyl (C=O) groups excluding carboxylic acids is 2. The summed E-state index contributed by atoms with van der Waals surface area (Å²) in [4.78, 5) is 27.9. The van der Waals surface area contributed by atoms with Gasteiger partial charge in [0.05, 0.1) is 7.11 Å². The third-order valence-corrected chi connectivity index (χ3v) is 4.45. The molecule has 5 nitrogen and oxygen atoms in total. The summed E-state index contributed by atoms with van der Waals surface area (Å²) in [6.07, 6.45) is 2.11. The summed E-state index contributed by atoms with van der Waals surface area (Å²) < 4.78 is 4.84. The number of H-pyrrole nitrogens is 1. The predicted molar refractivity (Wildman–Crippen MR) is 102 cm³/mol. The van der Waals surface area contributed by atoms with E-state index in [1.807, 2.05) is 30.5 Å². The van der Waals surface area contributed by atoms with Crippen LogP contribution in [0, 0.1) is 0 Å². The van der Waals surface area contributed by atoms with Crippen molar-refractivity contribution in [3.05, 3.63) is 69.8 Å². The molecule has 0 aliphatic rings. The van der Waals surface area contributed by atoms with Crippen molar-refractivity contribution in [2.24, 2.45) is 0 Å². The molecule has 7 heteroatoms. The van der Waals surface area contributed by atoms with Crippen LogP contribution in [0.3, 0.4) is 0 Å². The zero-order chi connectivity index (χ0) is 18.7. The molecule has 0 saturated heterocycles. The van der Waals surface area contributed by atoms with E-state index in [0.717, 1.165) is 16.5 Å². The fourth-order valence-electron chi connectivity index (χ4n) is 2.78. The first-order valence-corrected chi connectivity index (χ1v) is 8.63. The number of hydrogen-bond donors (Lipinski definition) is 2. The summed E-state index contributed by atoms with van der Waals surface area (Å²) in [5.74, 6) is -0.985. The van der Waals surface area contributed by atoms with Gasteiger partial charge in [-0.2, -0.15) is 0 Å². The van der Waals surface area contributed by atoms with Gasteiger partial charge in [0.2, 0.25) is 0 Å². The van der Waals surface area contributed by atoms with Crippen LogP contribution in [0.5, 0.6) is 0 Å². The SMILES string of the molecule is COC(=O)C(Cc1c[nH]c2ccccc12)NC(=O)c1cc(Cl)cc(Cl)c1. The third-order valence-electron chi connectivity index (χ3n) is 4.01. The fraction of sp³-hybridized carbons (Fsp3) is 0.158. The van der Waals surface area contributed by atoms with Crippen LogP contribution in [0.4, 0.5) is 0 Å². The molecule has 0 radical (unpaired) electrons. The number of benzene rings is 2. The number of amides is 1. The Morgan fingerprint density at radius 1 is 1.15 bits per heavy atom. The molecule has 0 aliphatic heterocycles. The van der Waals surface area contributed by atoms with Gasteiger partial charge in [0.1, 0.15) is 6.04 Å². The van der Waals surface area contributed by atoms with Gasteiger partial charge in [0, 0.05) is 39.1 Å². The molecular formula is C19H16Cl2N2O3. The highest BCUT2D eigenvalue weighted by Crippen LogP contribution is 2.21. The lowest BCUT2D eigenvalue weighted by Crippen LogP contribution is -2.43. The molecular weight excluding hydrogens is 375 g/mol. The molecule has 1 unspecified atom stereocenters. The number of hydrogen-bond acceptors (Lipinski definition) is 3. The fourth-order valence-corrected chi connectivity index (χ4v) is 3.31. The highest BCUT2D eigenvalue weighted by atomic mass is 35.5. The molecule has 26 heavy (non-hydrogen) atoms. The van der Waals surface area contributed by atoms with E-state index in [9.17, 15) is 9.59 Å². The standard InChI is InChI=1S/C19H16Cl2N2O3/c1-26-19(25)17(8-12-10-22-16-5-3-2-4-15(12)16)23-18(24)11-6-13(20)9-14(21)7-11/h2-7,9-10,17,22H,8H2,1H3,(H,23,24). The van der Waals surface area contributed by atoms with Crippen molar-refractivity contribution >= 4 is 46.0 Å². The number of para-hydroxylation sites is 1. The number of fused-ring (bicyclic) bond motifs is 1. The Bertz CT molecular complexity index is 948. The Kier molecular flexibility index (Phi) is 5.49. The van der Waals surface area contributed by atoms with E-state index in [0.29, 0.717) is 10.0 Å². The zero-order valence-electron chi connectivity index (χ0n) is 13.9. The van der Waals surface area contributed by atoms with Crippen molar-refractivity contribution in [2.45, 2.75) is 12.5 Å². The highest BCUT2D eigenvalue weighted by Gasteiger charge is 2.24. The van der Waals surface area contributed by atoms with Crippen LogP contribution in [0.1, 0.15) is 15.9 Å². The maximum atomic E-state index is 12.5. The molecule has 0 bridgehead atoms. The van der Waals surface area contributed by atoms with Gasteiger partial charge in [-0.1, -0.05) is 41.4 Å². The largest absolute Gasteiger partial charge is 0.467 e. The molecule has 134 valence electrons. The van der Waals surface area contributed by atoms with Crippen molar-refractivity contribution in [1.82, 2.24) is 10.3 Å². The second kappa shape index (κ2) is 7.81. The Morgan fingerprint density at radius 3 is 2.54 bits per heavy atom. The minimum atomic E-state index is -0.843. The van der Waals surface area contributed by atoms with Crippen LogP contribution in [-0.2, 0) is 16.0 Å². The number of aromatic amines is 1. The Balaban J connectivity index is 1.84. The monoisotopic (exact) mass is 390 g/mol. The van der Waals surface area contributed by atoms with Gasteiger partial charge in [0.15, 0.2) is 0 Å².